The Morgan fingerprint density at radius 3 is 2.35 bits per heavy atom. The first-order valence-electron chi connectivity index (χ1n) is 8.09. The highest BCUT2D eigenvalue weighted by Crippen LogP contribution is 2.30. The Balaban J connectivity index is 2.51. The number of rotatable bonds is 8. The minimum absolute atomic E-state index is 0.0411. The van der Waals surface area contributed by atoms with Crippen molar-refractivity contribution in [2.45, 2.75) is 65.2 Å². The van der Waals surface area contributed by atoms with Crippen LogP contribution in [-0.4, -0.2) is 35.0 Å². The largest absolute Gasteiger partial charge is 0.481 e. The number of aliphatic carboxylic acids is 1. The van der Waals surface area contributed by atoms with Crippen molar-refractivity contribution >= 4 is 11.9 Å². The Labute approximate surface area is 122 Å². The number of hydrogen-bond acceptors (Lipinski definition) is 2. The van der Waals surface area contributed by atoms with Gasteiger partial charge < -0.3 is 10.0 Å². The molecule has 1 aliphatic rings. The Bertz CT molecular complexity index is 311. The van der Waals surface area contributed by atoms with Crippen LogP contribution in [0.25, 0.3) is 0 Å². The lowest BCUT2D eigenvalue weighted by Gasteiger charge is -2.29. The molecule has 20 heavy (non-hydrogen) atoms. The summed E-state index contributed by atoms with van der Waals surface area (Å²) in [6.45, 7) is 4.93. The van der Waals surface area contributed by atoms with Crippen molar-refractivity contribution in [2.24, 2.45) is 11.8 Å². The van der Waals surface area contributed by atoms with Gasteiger partial charge in [-0.1, -0.05) is 39.0 Å². The fourth-order valence-corrected chi connectivity index (χ4v) is 3.18. The third-order valence-electron chi connectivity index (χ3n) is 4.47. The molecule has 1 unspecified atom stereocenters. The first-order valence-corrected chi connectivity index (χ1v) is 8.09. The van der Waals surface area contributed by atoms with E-state index in [-0.39, 0.29) is 18.2 Å². The van der Waals surface area contributed by atoms with Gasteiger partial charge in [0.15, 0.2) is 0 Å². The zero-order valence-electron chi connectivity index (χ0n) is 12.9. The molecule has 4 nitrogen and oxygen atoms in total. The van der Waals surface area contributed by atoms with Gasteiger partial charge in [0.1, 0.15) is 0 Å². The van der Waals surface area contributed by atoms with Crippen LogP contribution < -0.4 is 0 Å². The highest BCUT2D eigenvalue weighted by Gasteiger charge is 2.26. The van der Waals surface area contributed by atoms with E-state index in [1.165, 1.54) is 32.1 Å². The molecular weight excluding hydrogens is 254 g/mol. The van der Waals surface area contributed by atoms with Crippen molar-refractivity contribution in [2.75, 3.05) is 13.1 Å². The van der Waals surface area contributed by atoms with E-state index in [2.05, 4.69) is 6.92 Å². The number of carboxylic acid groups (broad SMARTS) is 1. The van der Waals surface area contributed by atoms with Gasteiger partial charge in [-0.15, -0.1) is 0 Å². The maximum absolute atomic E-state index is 12.5. The molecule has 1 rings (SSSR count). The van der Waals surface area contributed by atoms with Gasteiger partial charge in [-0.2, -0.15) is 0 Å². The first-order chi connectivity index (χ1) is 9.58. The van der Waals surface area contributed by atoms with Crippen LogP contribution in [0.3, 0.4) is 0 Å². The van der Waals surface area contributed by atoms with Crippen molar-refractivity contribution in [1.29, 1.82) is 0 Å². The lowest BCUT2D eigenvalue weighted by Crippen LogP contribution is -2.38. The van der Waals surface area contributed by atoms with Crippen LogP contribution in [0.5, 0.6) is 0 Å². The molecule has 1 atom stereocenters. The van der Waals surface area contributed by atoms with Crippen molar-refractivity contribution < 1.29 is 14.7 Å². The van der Waals surface area contributed by atoms with Crippen molar-refractivity contribution in [3.63, 3.8) is 0 Å². The van der Waals surface area contributed by atoms with Crippen LogP contribution in [0.4, 0.5) is 0 Å². The number of carbonyl (C=O) groups excluding carboxylic acids is 1. The third kappa shape index (κ3) is 5.51. The van der Waals surface area contributed by atoms with E-state index in [4.69, 9.17) is 5.11 Å². The molecule has 116 valence electrons. The van der Waals surface area contributed by atoms with Crippen LogP contribution in [0.2, 0.25) is 0 Å². The maximum atomic E-state index is 12.5. The minimum Gasteiger partial charge on any atom is -0.481 e. The molecule has 0 bridgehead atoms. The van der Waals surface area contributed by atoms with Crippen LogP contribution >= 0.6 is 0 Å². The smallest absolute Gasteiger partial charge is 0.305 e. The number of nitrogens with zero attached hydrogens (tertiary/aromatic N) is 1. The molecule has 4 heteroatoms. The van der Waals surface area contributed by atoms with Crippen LogP contribution in [0, 0.1) is 11.8 Å². The van der Waals surface area contributed by atoms with Gasteiger partial charge in [0.05, 0.1) is 6.42 Å². The van der Waals surface area contributed by atoms with E-state index in [1.807, 2.05) is 6.92 Å². The number of amides is 1. The van der Waals surface area contributed by atoms with Crippen molar-refractivity contribution in [3.05, 3.63) is 0 Å². The van der Waals surface area contributed by atoms with E-state index >= 15 is 0 Å². The predicted octanol–water partition coefficient (Wildman–Crippen LogP) is 3.31. The van der Waals surface area contributed by atoms with Gasteiger partial charge in [0.2, 0.25) is 5.91 Å². The summed E-state index contributed by atoms with van der Waals surface area (Å²) in [7, 11) is 0. The van der Waals surface area contributed by atoms with E-state index in [1.54, 1.807) is 4.90 Å². The van der Waals surface area contributed by atoms with Gasteiger partial charge in [0.25, 0.3) is 0 Å². The molecule has 1 aliphatic carbocycles. The fourth-order valence-electron chi connectivity index (χ4n) is 3.18. The highest BCUT2D eigenvalue weighted by atomic mass is 16.4. The predicted molar refractivity (Wildman–Crippen MR) is 79.5 cm³/mol. The normalized spacial score (nSPS) is 17.7. The molecule has 0 aromatic carbocycles. The van der Waals surface area contributed by atoms with Gasteiger partial charge in [0, 0.05) is 19.0 Å². The summed E-state index contributed by atoms with van der Waals surface area (Å²) in [6, 6.07) is 0. The summed E-state index contributed by atoms with van der Waals surface area (Å²) in [4.78, 5) is 24.9. The summed E-state index contributed by atoms with van der Waals surface area (Å²) < 4.78 is 0. The molecule has 0 aromatic heterocycles. The lowest BCUT2D eigenvalue weighted by molar-refractivity contribution is -0.140. The standard InChI is InChI=1S/C16H29NO3/c1-3-14(12-13-8-6-5-7-9-13)16(20)17(4-2)11-10-15(18)19/h13-14H,3-12H2,1-2H3,(H,18,19). The molecule has 0 heterocycles. The zero-order chi connectivity index (χ0) is 15.0. The molecular formula is C16H29NO3. The molecule has 1 amide bonds. The Kier molecular flexibility index (Phi) is 7.63. The topological polar surface area (TPSA) is 57.6 Å². The Hall–Kier alpha value is -1.06. The van der Waals surface area contributed by atoms with E-state index < -0.39 is 5.97 Å². The van der Waals surface area contributed by atoms with Gasteiger partial charge >= 0.3 is 5.97 Å². The molecule has 0 spiro atoms. The summed E-state index contributed by atoms with van der Waals surface area (Å²) >= 11 is 0. The van der Waals surface area contributed by atoms with E-state index in [0.717, 1.165) is 12.8 Å². The van der Waals surface area contributed by atoms with E-state index in [9.17, 15) is 9.59 Å². The quantitative estimate of drug-likeness (QED) is 0.743. The van der Waals surface area contributed by atoms with Crippen LogP contribution in [-0.2, 0) is 9.59 Å². The average Bonchev–Trinajstić information content (AvgIpc) is 2.46. The Morgan fingerprint density at radius 2 is 1.85 bits per heavy atom. The first kappa shape index (κ1) is 17.0. The van der Waals surface area contributed by atoms with Crippen LogP contribution in [0.15, 0.2) is 0 Å². The molecule has 0 radical (unpaired) electrons. The van der Waals surface area contributed by atoms with E-state index in [0.29, 0.717) is 19.0 Å². The molecule has 1 fully saturated rings. The van der Waals surface area contributed by atoms with Gasteiger partial charge in [-0.25, -0.2) is 0 Å². The SMILES string of the molecule is CCC(CC1CCCCC1)C(=O)N(CC)CCC(=O)O. The van der Waals surface area contributed by atoms with Gasteiger partial charge in [-0.3, -0.25) is 9.59 Å². The number of carbonyl (C=O) groups is 2. The maximum Gasteiger partial charge on any atom is 0.305 e. The second-order valence-corrected chi connectivity index (χ2v) is 5.91. The number of carboxylic acids is 1. The minimum atomic E-state index is -0.837. The fraction of sp³-hybridized carbons (Fsp3) is 0.875. The second-order valence-electron chi connectivity index (χ2n) is 5.91. The van der Waals surface area contributed by atoms with Gasteiger partial charge in [-0.05, 0) is 25.7 Å². The van der Waals surface area contributed by atoms with Crippen molar-refractivity contribution in [1.82, 2.24) is 4.90 Å². The zero-order valence-corrected chi connectivity index (χ0v) is 12.9. The summed E-state index contributed by atoms with van der Waals surface area (Å²) in [5.41, 5.74) is 0. The van der Waals surface area contributed by atoms with Crippen LogP contribution in [0.1, 0.15) is 65.2 Å². The molecule has 0 saturated heterocycles. The summed E-state index contributed by atoms with van der Waals surface area (Å²) in [5.74, 6) is 0.0843. The molecule has 1 N–H and O–H groups in total. The average molecular weight is 283 g/mol. The highest BCUT2D eigenvalue weighted by molar-refractivity contribution is 5.79. The molecule has 0 aliphatic heterocycles. The Morgan fingerprint density at radius 1 is 1.20 bits per heavy atom. The van der Waals surface area contributed by atoms with Crippen molar-refractivity contribution in [3.8, 4) is 0 Å². The monoisotopic (exact) mass is 283 g/mol. The summed E-state index contributed by atoms with van der Waals surface area (Å²) in [6.07, 6.45) is 8.33. The third-order valence-corrected chi connectivity index (χ3v) is 4.47. The second kappa shape index (κ2) is 8.98. The molecule has 1 saturated carbocycles. The molecule has 0 aromatic rings. The number of hydrogen-bond donors (Lipinski definition) is 1. The lowest BCUT2D eigenvalue weighted by atomic mass is 9.81. The summed E-state index contributed by atoms with van der Waals surface area (Å²) in [5, 5.41) is 8.76.